The summed E-state index contributed by atoms with van der Waals surface area (Å²) in [6.07, 6.45) is 2.53. The van der Waals surface area contributed by atoms with Gasteiger partial charge in [0.2, 0.25) is 0 Å². The normalized spacial score (nSPS) is 18.2. The van der Waals surface area contributed by atoms with Crippen LogP contribution in [0.3, 0.4) is 0 Å². The van der Waals surface area contributed by atoms with E-state index >= 15 is 0 Å². The number of nitrogens with zero attached hydrogens (tertiary/aromatic N) is 2. The van der Waals surface area contributed by atoms with Crippen LogP contribution in [0, 0.1) is 6.92 Å². The predicted molar refractivity (Wildman–Crippen MR) is 258 cm³/mol. The van der Waals surface area contributed by atoms with Crippen molar-refractivity contribution in [2.24, 2.45) is 5.73 Å². The number of ether oxygens (including phenoxy) is 6. The highest BCUT2D eigenvalue weighted by Gasteiger charge is 2.24. The largest absolute Gasteiger partial charge is 0.497 e. The number of epoxide rings is 1. The second-order valence-corrected chi connectivity index (χ2v) is 18.1. The number of halogens is 4. The van der Waals surface area contributed by atoms with E-state index in [-0.39, 0.29) is 19.8 Å². The molecule has 4 aromatic rings. The lowest BCUT2D eigenvalue weighted by molar-refractivity contribution is 0.0556. The van der Waals surface area contributed by atoms with Crippen molar-refractivity contribution >= 4 is 46.4 Å². The third-order valence-corrected chi connectivity index (χ3v) is 12.3. The number of likely N-dealkylation sites (tertiary alicyclic amines) is 2. The van der Waals surface area contributed by atoms with Crippen molar-refractivity contribution in [1.82, 2.24) is 15.1 Å². The van der Waals surface area contributed by atoms with Crippen LogP contribution in [-0.2, 0) is 4.74 Å². The molecule has 0 unspecified atom stereocenters. The number of nitrogens with one attached hydrogen (secondary N) is 1. The second-order valence-electron chi connectivity index (χ2n) is 16.4. The molecule has 13 nitrogen and oxygen atoms in total. The molecule has 0 amide bonds. The minimum Gasteiger partial charge on any atom is -0.497 e. The topological polar surface area (TPSA) is 164 Å². The molecule has 0 aliphatic carbocycles. The fraction of sp³-hybridized carbons (Fsp3) is 0.500. The molecular weight excluding hydrogens is 918 g/mol. The van der Waals surface area contributed by atoms with E-state index in [2.05, 4.69) is 15.1 Å². The molecule has 0 saturated carbocycles. The summed E-state index contributed by atoms with van der Waals surface area (Å²) in [5.74, 6) is 3.67. The van der Waals surface area contributed by atoms with Gasteiger partial charge in [0.15, 0.2) is 0 Å². The molecule has 4 atom stereocenters. The molecule has 65 heavy (non-hydrogen) atoms. The molecule has 0 bridgehead atoms. The van der Waals surface area contributed by atoms with E-state index in [1.165, 1.54) is 5.56 Å². The highest BCUT2D eigenvalue weighted by Crippen LogP contribution is 2.28. The zero-order valence-corrected chi connectivity index (χ0v) is 40.2. The Labute approximate surface area is 403 Å². The van der Waals surface area contributed by atoms with Crippen LogP contribution in [-0.4, -0.2) is 148 Å². The predicted octanol–water partition coefficient (Wildman–Crippen LogP) is 7.16. The summed E-state index contributed by atoms with van der Waals surface area (Å²) in [6.45, 7) is 9.50. The Balaban J connectivity index is 0.000000203. The van der Waals surface area contributed by atoms with Gasteiger partial charge in [0, 0.05) is 43.9 Å². The van der Waals surface area contributed by atoms with Gasteiger partial charge in [0.05, 0.1) is 33.8 Å². The molecule has 4 aromatic carbocycles. The van der Waals surface area contributed by atoms with Crippen LogP contribution in [0.2, 0.25) is 20.1 Å². The highest BCUT2D eigenvalue weighted by molar-refractivity contribution is 6.42. The summed E-state index contributed by atoms with van der Waals surface area (Å²) >= 11 is 23.6. The third kappa shape index (κ3) is 20.6. The lowest BCUT2D eigenvalue weighted by atomic mass is 10.0. The van der Waals surface area contributed by atoms with Crippen LogP contribution in [0.4, 0.5) is 0 Å². The number of nitrogens with two attached hydrogens (primary N) is 1. The molecule has 0 spiro atoms. The minimum atomic E-state index is -0.588. The van der Waals surface area contributed by atoms with Crippen molar-refractivity contribution in [3.05, 3.63) is 111 Å². The molecule has 3 aliphatic heterocycles. The Kier molecular flexibility index (Phi) is 22.8. The van der Waals surface area contributed by atoms with Crippen molar-refractivity contribution in [3.63, 3.8) is 0 Å². The summed E-state index contributed by atoms with van der Waals surface area (Å²) in [6, 6.07) is 26.1. The first kappa shape index (κ1) is 52.7. The van der Waals surface area contributed by atoms with Gasteiger partial charge < -0.3 is 64.6 Å². The van der Waals surface area contributed by atoms with Gasteiger partial charge in [-0.25, -0.2) is 0 Å². The van der Waals surface area contributed by atoms with Crippen LogP contribution >= 0.6 is 46.4 Å². The first-order chi connectivity index (χ1) is 31.3. The molecule has 3 saturated heterocycles. The van der Waals surface area contributed by atoms with Crippen LogP contribution in [0.25, 0.3) is 0 Å². The number of aliphatic hydroxyl groups is 3. The molecule has 3 fully saturated rings. The zero-order chi connectivity index (χ0) is 46.6. The molecular formula is C48H64Cl4N4O9. The Morgan fingerprint density at radius 1 is 0.615 bits per heavy atom. The maximum Gasteiger partial charge on any atom is 0.121 e. The standard InChI is InChI=1S/C24H32Cl2N2O4.C14H20Cl2N2O2.C10H12O3/c1-17-2-4-21(5-3-17)31-15-19(29)13-27-18-8-10-28(11-9-18)14-20(30)16-32-22-6-7-23(25)24(26)12-22;15-13-2-1-12(7-14(13)16)20-9-11(19)8-18-5-3-10(17)4-6-18;1-11-8-2-4-9(5-3-8)12-6-10-7-13-10/h2-7,12,18-20,27,29-30H,8-11,13-16H2,1H3;1-2,7,10-11,19H,3-6,8-9,17H2;2-5,10H,6-7H2,1H3/t19-,20-;11-;10-/m110/s1. The van der Waals surface area contributed by atoms with Gasteiger partial charge in [-0.1, -0.05) is 64.1 Å². The van der Waals surface area contributed by atoms with E-state index in [1.807, 2.05) is 55.5 Å². The average molecular weight is 983 g/mol. The number of piperidine rings is 2. The number of aliphatic hydroxyl groups excluding tert-OH is 3. The Hall–Kier alpha value is -3.28. The average Bonchev–Trinajstić information content (AvgIpc) is 4.15. The number of methoxy groups -OCH3 is 1. The highest BCUT2D eigenvalue weighted by atomic mass is 35.5. The van der Waals surface area contributed by atoms with Gasteiger partial charge in [-0.05, 0) is 119 Å². The number of hydrogen-bond acceptors (Lipinski definition) is 13. The number of benzene rings is 4. The molecule has 6 N–H and O–H groups in total. The first-order valence-electron chi connectivity index (χ1n) is 22.0. The van der Waals surface area contributed by atoms with E-state index in [0.29, 0.717) is 76.0 Å². The van der Waals surface area contributed by atoms with Crippen LogP contribution in [0.5, 0.6) is 28.7 Å². The monoisotopic (exact) mass is 980 g/mol. The summed E-state index contributed by atoms with van der Waals surface area (Å²) in [5, 5.41) is 35.8. The van der Waals surface area contributed by atoms with Crippen LogP contribution < -0.4 is 34.7 Å². The fourth-order valence-electron chi connectivity index (χ4n) is 6.89. The molecule has 0 aromatic heterocycles. The quantitative estimate of drug-likeness (QED) is 0.0568. The van der Waals surface area contributed by atoms with Gasteiger partial charge in [0.1, 0.15) is 79.6 Å². The van der Waals surface area contributed by atoms with Crippen molar-refractivity contribution in [1.29, 1.82) is 0 Å². The maximum atomic E-state index is 10.3. The zero-order valence-electron chi connectivity index (χ0n) is 37.1. The SMILES string of the molecule is COc1ccc(OC[C@H]2CO2)cc1.Cc1ccc(OC[C@H](O)CNC2CCN(C[C@@H](O)COc3ccc(Cl)c(Cl)c3)CC2)cc1.NC1CCN(C[C@@H](O)COc2ccc(Cl)c(Cl)c2)CC1. The van der Waals surface area contributed by atoms with Gasteiger partial charge in [-0.3, -0.25) is 0 Å². The lowest BCUT2D eigenvalue weighted by Crippen LogP contribution is -2.47. The van der Waals surface area contributed by atoms with Crippen molar-refractivity contribution in [3.8, 4) is 28.7 Å². The van der Waals surface area contributed by atoms with Gasteiger partial charge >= 0.3 is 0 Å². The fourth-order valence-corrected chi connectivity index (χ4v) is 7.46. The van der Waals surface area contributed by atoms with Crippen LogP contribution in [0.15, 0.2) is 84.9 Å². The maximum absolute atomic E-state index is 10.3. The van der Waals surface area contributed by atoms with Gasteiger partial charge in [0.25, 0.3) is 0 Å². The summed E-state index contributed by atoms with van der Waals surface area (Å²) < 4.78 is 32.3. The Morgan fingerprint density at radius 3 is 1.54 bits per heavy atom. The van der Waals surface area contributed by atoms with E-state index in [9.17, 15) is 15.3 Å². The number of β-amino-alcohol motifs (C(OH)–C–C–N with tert-alkyl or cyclic N) is 2. The smallest absolute Gasteiger partial charge is 0.121 e. The molecule has 3 heterocycles. The molecule has 358 valence electrons. The molecule has 7 rings (SSSR count). The van der Waals surface area contributed by atoms with Crippen molar-refractivity contribution in [2.45, 2.75) is 69.1 Å². The summed E-state index contributed by atoms with van der Waals surface area (Å²) in [5.41, 5.74) is 7.03. The molecule has 17 heteroatoms. The molecule has 3 aliphatic rings. The second kappa shape index (κ2) is 28.1. The summed E-state index contributed by atoms with van der Waals surface area (Å²) in [4.78, 5) is 4.45. The Bertz CT molecular complexity index is 1950. The van der Waals surface area contributed by atoms with Gasteiger partial charge in [-0.15, -0.1) is 0 Å². The third-order valence-electron chi connectivity index (χ3n) is 10.8. The van der Waals surface area contributed by atoms with Gasteiger partial charge in [-0.2, -0.15) is 0 Å². The minimum absolute atomic E-state index is 0.198. The van der Waals surface area contributed by atoms with Crippen LogP contribution in [0.1, 0.15) is 31.2 Å². The number of aryl methyl sites for hydroxylation is 1. The Morgan fingerprint density at radius 2 is 1.05 bits per heavy atom. The van der Waals surface area contributed by atoms with E-state index in [4.69, 9.17) is 80.6 Å². The van der Waals surface area contributed by atoms with E-state index < -0.39 is 18.3 Å². The van der Waals surface area contributed by atoms with E-state index in [0.717, 1.165) is 75.7 Å². The van der Waals surface area contributed by atoms with E-state index in [1.54, 1.807) is 43.5 Å². The van der Waals surface area contributed by atoms with Crippen molar-refractivity contribution < 1.29 is 43.7 Å². The molecule has 0 radical (unpaired) electrons. The van der Waals surface area contributed by atoms with Crippen molar-refractivity contribution in [2.75, 3.05) is 86.0 Å². The lowest BCUT2D eigenvalue weighted by Gasteiger charge is -2.33. The first-order valence-corrected chi connectivity index (χ1v) is 23.5. The number of hydrogen-bond donors (Lipinski definition) is 5. The number of rotatable bonds is 20. The summed E-state index contributed by atoms with van der Waals surface area (Å²) in [7, 11) is 1.65.